The van der Waals surface area contributed by atoms with E-state index < -0.39 is 0 Å². The maximum atomic E-state index is 14.5. The first-order chi connectivity index (χ1) is 18.0. The van der Waals surface area contributed by atoms with Crippen LogP contribution in [0, 0.1) is 12.7 Å². The molecule has 0 N–H and O–H groups in total. The fourth-order valence-electron chi connectivity index (χ4n) is 5.81. The fourth-order valence-corrected chi connectivity index (χ4v) is 5.97. The molecule has 192 valence electrons. The molecule has 0 spiro atoms. The normalized spacial score (nSPS) is 19.7. The minimum absolute atomic E-state index is 0.202. The number of nitrogens with zero attached hydrogens (tertiary/aromatic N) is 5. The van der Waals surface area contributed by atoms with Gasteiger partial charge in [-0.25, -0.2) is 4.39 Å². The number of anilines is 2. The number of pyridine rings is 2. The molecule has 3 aliphatic rings. The Kier molecular flexibility index (Phi) is 6.87. The zero-order valence-electron chi connectivity index (χ0n) is 21.3. The lowest BCUT2D eigenvalue weighted by Gasteiger charge is -2.41. The minimum atomic E-state index is -0.332. The summed E-state index contributed by atoms with van der Waals surface area (Å²) in [5, 5.41) is 0.202. The smallest absolute Gasteiger partial charge is 0.142 e. The third-order valence-corrected chi connectivity index (χ3v) is 8.05. The van der Waals surface area contributed by atoms with Gasteiger partial charge in [0.25, 0.3) is 0 Å². The van der Waals surface area contributed by atoms with E-state index in [-0.39, 0.29) is 10.8 Å². The number of fused-ring (bicyclic) bond motifs is 1. The molecule has 1 saturated carbocycles. The third-order valence-electron chi connectivity index (χ3n) is 7.76. The summed E-state index contributed by atoms with van der Waals surface area (Å²) < 4.78 is 14.5. The van der Waals surface area contributed by atoms with Crippen LogP contribution in [-0.4, -0.2) is 46.6 Å². The Morgan fingerprint density at radius 1 is 1.11 bits per heavy atom. The van der Waals surface area contributed by atoms with Gasteiger partial charge in [-0.05, 0) is 92.1 Å². The van der Waals surface area contributed by atoms with Crippen LogP contribution in [0.25, 0.3) is 0 Å². The molecule has 1 saturated heterocycles. The predicted octanol–water partition coefficient (Wildman–Crippen LogP) is 6.16. The van der Waals surface area contributed by atoms with Crippen LogP contribution in [0.15, 0.2) is 66.8 Å². The summed E-state index contributed by atoms with van der Waals surface area (Å²) in [6.07, 6.45) is 13.4. The van der Waals surface area contributed by atoms with Crippen molar-refractivity contribution in [3.8, 4) is 0 Å². The zero-order chi connectivity index (χ0) is 25.4. The second-order valence-electron chi connectivity index (χ2n) is 10.7. The molecular formula is C30H33ClFN5. The van der Waals surface area contributed by atoms with E-state index in [0.717, 1.165) is 62.4 Å². The summed E-state index contributed by atoms with van der Waals surface area (Å²) in [5.74, 6) is -0.332. The van der Waals surface area contributed by atoms with Crippen LogP contribution in [-0.2, 0) is 13.0 Å². The Balaban J connectivity index is 1.28. The van der Waals surface area contributed by atoms with E-state index in [1.165, 1.54) is 29.7 Å². The number of hydrogen-bond donors (Lipinski definition) is 0. The van der Waals surface area contributed by atoms with Crippen LogP contribution < -0.4 is 9.80 Å². The Hall–Kier alpha value is -2.96. The number of hydrogen-bond acceptors (Lipinski definition) is 5. The van der Waals surface area contributed by atoms with Gasteiger partial charge in [0.15, 0.2) is 0 Å². The number of piperidine rings is 1. The van der Waals surface area contributed by atoms with Gasteiger partial charge in [0.2, 0.25) is 0 Å². The maximum absolute atomic E-state index is 14.5. The van der Waals surface area contributed by atoms with Gasteiger partial charge < -0.3 is 9.80 Å². The molecule has 1 aliphatic carbocycles. The first-order valence-corrected chi connectivity index (χ1v) is 13.7. The first kappa shape index (κ1) is 24.4. The van der Waals surface area contributed by atoms with Crippen LogP contribution in [0.1, 0.15) is 42.5 Å². The first-order valence-electron chi connectivity index (χ1n) is 13.3. The van der Waals surface area contributed by atoms with Crippen LogP contribution in [0.4, 0.5) is 15.8 Å². The van der Waals surface area contributed by atoms with Crippen LogP contribution in [0.2, 0.25) is 5.02 Å². The number of benzene rings is 1. The lowest BCUT2D eigenvalue weighted by molar-refractivity contribution is 0.180. The number of aryl methyl sites for hydroxylation is 1. The summed E-state index contributed by atoms with van der Waals surface area (Å²) in [4.78, 5) is 16.2. The zero-order valence-corrected chi connectivity index (χ0v) is 22.0. The summed E-state index contributed by atoms with van der Waals surface area (Å²) in [7, 11) is 0. The van der Waals surface area contributed by atoms with Gasteiger partial charge in [0.05, 0.1) is 16.9 Å². The summed E-state index contributed by atoms with van der Waals surface area (Å²) >= 11 is 6.18. The minimum Gasteiger partial charge on any atom is -0.369 e. The van der Waals surface area contributed by atoms with Crippen molar-refractivity contribution in [1.82, 2.24) is 14.9 Å². The Bertz CT molecular complexity index is 1290. The molecular weight excluding hydrogens is 485 g/mol. The van der Waals surface area contributed by atoms with E-state index in [1.807, 2.05) is 37.6 Å². The van der Waals surface area contributed by atoms with Crippen LogP contribution in [0.3, 0.4) is 0 Å². The molecule has 2 aliphatic heterocycles. The fraction of sp³-hybridized carbons (Fsp3) is 0.400. The second-order valence-corrected chi connectivity index (χ2v) is 11.1. The predicted molar refractivity (Wildman–Crippen MR) is 148 cm³/mol. The van der Waals surface area contributed by atoms with Gasteiger partial charge in [-0.1, -0.05) is 11.6 Å². The molecule has 5 nitrogen and oxygen atoms in total. The molecule has 0 unspecified atom stereocenters. The van der Waals surface area contributed by atoms with Crippen molar-refractivity contribution >= 4 is 23.0 Å². The molecule has 2 fully saturated rings. The maximum Gasteiger partial charge on any atom is 0.142 e. The third kappa shape index (κ3) is 5.51. The van der Waals surface area contributed by atoms with E-state index in [4.69, 9.17) is 11.6 Å². The van der Waals surface area contributed by atoms with Crippen LogP contribution >= 0.6 is 11.6 Å². The largest absolute Gasteiger partial charge is 0.369 e. The van der Waals surface area contributed by atoms with Gasteiger partial charge in [0, 0.05) is 68.2 Å². The highest BCUT2D eigenvalue weighted by molar-refractivity contribution is 6.31. The average Bonchev–Trinajstić information content (AvgIpc) is 3.75. The van der Waals surface area contributed by atoms with E-state index >= 15 is 0 Å². The highest BCUT2D eigenvalue weighted by Gasteiger charge is 2.34. The Morgan fingerprint density at radius 3 is 2.78 bits per heavy atom. The molecule has 2 aromatic heterocycles. The van der Waals surface area contributed by atoms with E-state index in [9.17, 15) is 4.39 Å². The molecule has 0 amide bonds. The highest BCUT2D eigenvalue weighted by Crippen LogP contribution is 2.40. The molecule has 1 atom stereocenters. The SMILES string of the molecule is Cc1cc(CN(CC2=CN(C3CC3)c3cc(Cl)c(F)cc3C2)[C@H]2CCCN(c3cccnc3)C2)ccn1. The summed E-state index contributed by atoms with van der Waals surface area (Å²) in [6.45, 7) is 5.77. The molecule has 3 aromatic rings. The van der Waals surface area contributed by atoms with Gasteiger partial charge in [0.1, 0.15) is 5.82 Å². The van der Waals surface area contributed by atoms with Gasteiger partial charge in [-0.3, -0.25) is 14.9 Å². The molecule has 6 rings (SSSR count). The topological polar surface area (TPSA) is 35.5 Å². The van der Waals surface area contributed by atoms with Crippen molar-refractivity contribution in [2.24, 2.45) is 0 Å². The van der Waals surface area contributed by atoms with Crippen molar-refractivity contribution in [2.45, 2.75) is 57.7 Å². The Labute approximate surface area is 223 Å². The average molecular weight is 518 g/mol. The monoisotopic (exact) mass is 517 g/mol. The van der Waals surface area contributed by atoms with E-state index in [0.29, 0.717) is 12.1 Å². The molecule has 37 heavy (non-hydrogen) atoms. The lowest BCUT2D eigenvalue weighted by atomic mass is 9.96. The lowest BCUT2D eigenvalue weighted by Crippen LogP contribution is -2.48. The van der Waals surface area contributed by atoms with Crippen molar-refractivity contribution in [3.05, 3.63) is 94.4 Å². The molecule has 1 aromatic carbocycles. The number of rotatable bonds is 7. The van der Waals surface area contributed by atoms with Gasteiger partial charge in [-0.15, -0.1) is 0 Å². The van der Waals surface area contributed by atoms with Crippen molar-refractivity contribution in [3.63, 3.8) is 0 Å². The molecule has 4 heterocycles. The quantitative estimate of drug-likeness (QED) is 0.375. The Morgan fingerprint density at radius 2 is 2.00 bits per heavy atom. The van der Waals surface area contributed by atoms with Gasteiger partial charge >= 0.3 is 0 Å². The van der Waals surface area contributed by atoms with E-state index in [2.05, 4.69) is 49.1 Å². The van der Waals surface area contributed by atoms with E-state index in [1.54, 1.807) is 6.07 Å². The van der Waals surface area contributed by atoms with Crippen molar-refractivity contribution < 1.29 is 4.39 Å². The molecule has 7 heteroatoms. The molecule has 0 bridgehead atoms. The molecule has 0 radical (unpaired) electrons. The highest BCUT2D eigenvalue weighted by atomic mass is 35.5. The van der Waals surface area contributed by atoms with Gasteiger partial charge in [-0.2, -0.15) is 0 Å². The number of halogens is 2. The van der Waals surface area contributed by atoms with Crippen LogP contribution in [0.5, 0.6) is 0 Å². The standard InChI is InChI=1S/C30H33ClFN5/c1-21-12-22(8-10-34-21)17-36(27-5-3-11-35(20-27)26-4-2-9-33-16-26)18-23-13-24-14-29(32)28(31)15-30(24)37(19-23)25-6-7-25/h2,4,8-10,12,14-16,19,25,27H,3,5-7,11,13,17-18,20H2,1H3/t27-/m0/s1. The second kappa shape index (κ2) is 10.4. The summed E-state index contributed by atoms with van der Waals surface area (Å²) in [5.41, 5.74) is 6.92. The number of aromatic nitrogens is 2. The summed E-state index contributed by atoms with van der Waals surface area (Å²) in [6, 6.07) is 12.8. The van der Waals surface area contributed by atoms with Crippen molar-refractivity contribution in [1.29, 1.82) is 0 Å². The van der Waals surface area contributed by atoms with Crippen molar-refractivity contribution in [2.75, 3.05) is 29.4 Å².